The Labute approximate surface area is 299 Å². The first-order chi connectivity index (χ1) is 25.0. The molecule has 1 aliphatic rings. The average Bonchev–Trinajstić information content (AvgIpc) is 3.62. The monoisotopic (exact) mass is 677 g/mol. The number of amides is 1. The molecule has 1 amide bonds. The van der Waals surface area contributed by atoms with Crippen LogP contribution in [0.25, 0.3) is 0 Å². The molecule has 8 nitrogen and oxygen atoms in total. The minimum Gasteiger partial charge on any atom is -0.489 e. The Balaban J connectivity index is 1.08. The van der Waals surface area contributed by atoms with Gasteiger partial charge < -0.3 is 14.4 Å². The molecular formula is C43H43N5O3. The van der Waals surface area contributed by atoms with Crippen molar-refractivity contribution in [2.24, 2.45) is 0 Å². The maximum Gasteiger partial charge on any atom is 0.234 e. The third-order valence-corrected chi connectivity index (χ3v) is 9.34. The number of benzene rings is 3. The Morgan fingerprint density at radius 1 is 0.804 bits per heavy atom. The molecule has 3 aromatic carbocycles. The van der Waals surface area contributed by atoms with Gasteiger partial charge in [0.1, 0.15) is 24.7 Å². The fourth-order valence-corrected chi connectivity index (χ4v) is 6.58. The standard InChI is InChI=1S/C43H43N5O3/c1-31(2)41-22-20-36(24-45-41)48(43(49)40-17-9-16-39-38(40)15-10-18-42(39)51-30-33-13-7-4-8-14-33)27-34-23-46-47(26-34)28-35-19-21-37(25-44-35)50-29-32-11-5-3-6-12-32/h3-8,10-15,18-26,31,40H,9,16-17,27-30H2,1-2H3. The second-order valence-electron chi connectivity index (χ2n) is 13.4. The molecule has 1 unspecified atom stereocenters. The zero-order valence-electron chi connectivity index (χ0n) is 29.2. The number of fused-ring (bicyclic) bond motifs is 1. The van der Waals surface area contributed by atoms with Crippen LogP contribution in [0.1, 0.15) is 77.7 Å². The van der Waals surface area contributed by atoms with E-state index in [4.69, 9.17) is 14.5 Å². The molecule has 3 aromatic heterocycles. The van der Waals surface area contributed by atoms with Crippen molar-refractivity contribution in [3.8, 4) is 11.5 Å². The zero-order chi connectivity index (χ0) is 35.0. The van der Waals surface area contributed by atoms with Crippen LogP contribution in [0.5, 0.6) is 11.5 Å². The van der Waals surface area contributed by atoms with Crippen LogP contribution in [0.2, 0.25) is 0 Å². The van der Waals surface area contributed by atoms with Gasteiger partial charge in [0.15, 0.2) is 0 Å². The number of ether oxygens (including phenoxy) is 2. The molecule has 6 aromatic rings. The molecule has 0 saturated heterocycles. The summed E-state index contributed by atoms with van der Waals surface area (Å²) < 4.78 is 14.1. The van der Waals surface area contributed by atoms with Crippen LogP contribution in [0.15, 0.2) is 128 Å². The summed E-state index contributed by atoms with van der Waals surface area (Å²) in [7, 11) is 0. The number of carbonyl (C=O) groups is 1. The molecule has 1 aliphatic carbocycles. The van der Waals surface area contributed by atoms with Gasteiger partial charge in [-0.15, -0.1) is 0 Å². The highest BCUT2D eigenvalue weighted by Crippen LogP contribution is 2.39. The van der Waals surface area contributed by atoms with Gasteiger partial charge in [-0.25, -0.2) is 0 Å². The Morgan fingerprint density at radius 2 is 1.57 bits per heavy atom. The summed E-state index contributed by atoms with van der Waals surface area (Å²) in [5, 5.41) is 4.63. The minimum absolute atomic E-state index is 0.0516. The third-order valence-electron chi connectivity index (χ3n) is 9.34. The molecule has 0 aliphatic heterocycles. The first-order valence-corrected chi connectivity index (χ1v) is 17.7. The lowest BCUT2D eigenvalue weighted by atomic mass is 9.81. The molecule has 1 atom stereocenters. The second-order valence-corrected chi connectivity index (χ2v) is 13.4. The number of carbonyl (C=O) groups excluding carboxylic acids is 1. The third kappa shape index (κ3) is 8.35. The van der Waals surface area contributed by atoms with Crippen LogP contribution in [0, 0.1) is 0 Å². The SMILES string of the molecule is CC(C)c1ccc(N(Cc2cnn(Cc3ccc(OCc4ccccc4)cn3)c2)C(=O)C2CCCc3c(OCc4ccccc4)cccc32)cn1. The van der Waals surface area contributed by atoms with Crippen LogP contribution in [-0.2, 0) is 37.5 Å². The Kier molecular flexibility index (Phi) is 10.5. The van der Waals surface area contributed by atoms with E-state index in [1.165, 1.54) is 0 Å². The van der Waals surface area contributed by atoms with E-state index in [1.807, 2.05) is 113 Å². The first kappa shape index (κ1) is 33.7. The van der Waals surface area contributed by atoms with E-state index < -0.39 is 0 Å². The largest absolute Gasteiger partial charge is 0.489 e. The van der Waals surface area contributed by atoms with E-state index in [9.17, 15) is 4.79 Å². The maximum atomic E-state index is 14.7. The number of pyridine rings is 2. The van der Waals surface area contributed by atoms with E-state index >= 15 is 0 Å². The molecule has 258 valence electrons. The van der Waals surface area contributed by atoms with Crippen molar-refractivity contribution in [1.29, 1.82) is 0 Å². The molecule has 0 fully saturated rings. The minimum atomic E-state index is -0.291. The summed E-state index contributed by atoms with van der Waals surface area (Å²) in [4.78, 5) is 25.9. The van der Waals surface area contributed by atoms with Gasteiger partial charge in [0, 0.05) is 17.5 Å². The first-order valence-electron chi connectivity index (χ1n) is 17.7. The van der Waals surface area contributed by atoms with Crippen LogP contribution < -0.4 is 14.4 Å². The zero-order valence-corrected chi connectivity index (χ0v) is 29.2. The number of hydrogen-bond donors (Lipinski definition) is 0. The summed E-state index contributed by atoms with van der Waals surface area (Å²) in [6.07, 6.45) is 9.96. The summed E-state index contributed by atoms with van der Waals surface area (Å²) in [6.45, 7) is 6.09. The smallest absolute Gasteiger partial charge is 0.234 e. The number of aromatic nitrogens is 4. The van der Waals surface area contributed by atoms with Gasteiger partial charge in [-0.3, -0.25) is 19.4 Å². The lowest BCUT2D eigenvalue weighted by molar-refractivity contribution is -0.120. The number of nitrogens with zero attached hydrogens (tertiary/aromatic N) is 5. The molecule has 0 N–H and O–H groups in total. The van der Waals surface area contributed by atoms with E-state index in [0.29, 0.717) is 38.0 Å². The van der Waals surface area contributed by atoms with E-state index in [0.717, 1.165) is 69.9 Å². The highest BCUT2D eigenvalue weighted by molar-refractivity contribution is 5.98. The summed E-state index contributed by atoms with van der Waals surface area (Å²) in [5.74, 6) is 1.62. The highest BCUT2D eigenvalue weighted by atomic mass is 16.5. The fourth-order valence-electron chi connectivity index (χ4n) is 6.58. The molecule has 3 heterocycles. The van der Waals surface area contributed by atoms with E-state index in [-0.39, 0.29) is 11.8 Å². The lowest BCUT2D eigenvalue weighted by Gasteiger charge is -2.31. The number of hydrogen-bond acceptors (Lipinski definition) is 6. The maximum absolute atomic E-state index is 14.7. The molecule has 8 heteroatoms. The Bertz CT molecular complexity index is 2030. The van der Waals surface area contributed by atoms with Crippen LogP contribution in [0.4, 0.5) is 5.69 Å². The topological polar surface area (TPSA) is 82.4 Å². The van der Waals surface area contributed by atoms with Gasteiger partial charge >= 0.3 is 0 Å². The molecule has 0 spiro atoms. The van der Waals surface area contributed by atoms with Crippen LogP contribution in [0.3, 0.4) is 0 Å². The molecule has 0 bridgehead atoms. The quantitative estimate of drug-likeness (QED) is 0.122. The van der Waals surface area contributed by atoms with Gasteiger partial charge in [-0.1, -0.05) is 86.6 Å². The van der Waals surface area contributed by atoms with Crippen molar-refractivity contribution >= 4 is 11.6 Å². The van der Waals surface area contributed by atoms with Crippen LogP contribution in [-0.4, -0.2) is 25.7 Å². The van der Waals surface area contributed by atoms with Crippen molar-refractivity contribution in [3.05, 3.63) is 167 Å². The molecule has 0 radical (unpaired) electrons. The normalized spacial score (nSPS) is 13.8. The Morgan fingerprint density at radius 3 is 2.25 bits per heavy atom. The summed E-state index contributed by atoms with van der Waals surface area (Å²) >= 11 is 0. The number of anilines is 1. The van der Waals surface area contributed by atoms with Crippen molar-refractivity contribution in [3.63, 3.8) is 0 Å². The van der Waals surface area contributed by atoms with Crippen molar-refractivity contribution in [2.45, 2.75) is 71.2 Å². The van der Waals surface area contributed by atoms with Gasteiger partial charge in [-0.05, 0) is 77.8 Å². The van der Waals surface area contributed by atoms with Crippen LogP contribution >= 0.6 is 0 Å². The van der Waals surface area contributed by atoms with Gasteiger partial charge in [0.05, 0.1) is 49.0 Å². The number of rotatable bonds is 13. The van der Waals surface area contributed by atoms with Crippen molar-refractivity contribution in [1.82, 2.24) is 19.7 Å². The van der Waals surface area contributed by atoms with Crippen molar-refractivity contribution in [2.75, 3.05) is 4.90 Å². The lowest BCUT2D eigenvalue weighted by Crippen LogP contribution is -2.36. The predicted octanol–water partition coefficient (Wildman–Crippen LogP) is 8.66. The summed E-state index contributed by atoms with van der Waals surface area (Å²) in [5.41, 5.74) is 7.95. The Hall–Kier alpha value is -5.76. The van der Waals surface area contributed by atoms with Crippen molar-refractivity contribution < 1.29 is 14.3 Å². The van der Waals surface area contributed by atoms with E-state index in [1.54, 1.807) is 6.20 Å². The van der Waals surface area contributed by atoms with E-state index in [2.05, 4.69) is 42.1 Å². The molecule has 51 heavy (non-hydrogen) atoms. The van der Waals surface area contributed by atoms with Gasteiger partial charge in [-0.2, -0.15) is 5.10 Å². The fraction of sp³-hybridized carbons (Fsp3) is 0.256. The molecular weight excluding hydrogens is 635 g/mol. The predicted molar refractivity (Wildman–Crippen MR) is 199 cm³/mol. The summed E-state index contributed by atoms with van der Waals surface area (Å²) in [6, 6.07) is 34.3. The van der Waals surface area contributed by atoms with Gasteiger partial charge in [0.2, 0.25) is 5.91 Å². The second kappa shape index (κ2) is 15.9. The molecule has 0 saturated carbocycles. The average molecular weight is 678 g/mol. The van der Waals surface area contributed by atoms with Gasteiger partial charge in [0.25, 0.3) is 0 Å². The highest BCUT2D eigenvalue weighted by Gasteiger charge is 2.32. The molecule has 7 rings (SSSR count).